The van der Waals surface area contributed by atoms with Crippen molar-refractivity contribution in [2.45, 2.75) is 6.42 Å². The van der Waals surface area contributed by atoms with Gasteiger partial charge >= 0.3 is 0 Å². The van der Waals surface area contributed by atoms with E-state index in [2.05, 4.69) is 9.97 Å². The zero-order valence-electron chi connectivity index (χ0n) is 27.3. The van der Waals surface area contributed by atoms with Crippen LogP contribution in [0.5, 0.6) is 11.5 Å². The number of rotatable bonds is 4. The van der Waals surface area contributed by atoms with Crippen LogP contribution in [0.4, 0.5) is 0 Å². The standard InChI is InChI=1S/C40H27N9O.Zn/c41-21-20-22-16-18-23(19-17-22)50-31-15-7-14-30-32(31)40-48-38-29-13-6-5-12-28(29)36(46-38)44-34-25-9-2-1-8-24(25)33(42-34)43-35-26-10-3-4-11-27(26)37(45-35)47-39(30)49-40;/h1-19H,20-21,41H2,(H2,42,43,44,45,46,47,48,49);. The van der Waals surface area contributed by atoms with E-state index in [4.69, 9.17) is 40.4 Å². The molecule has 0 aliphatic carbocycles. The minimum Gasteiger partial charge on any atom is -0.457 e. The van der Waals surface area contributed by atoms with Gasteiger partial charge in [0.05, 0.1) is 5.39 Å². The van der Waals surface area contributed by atoms with Gasteiger partial charge in [0, 0.05) is 57.9 Å². The van der Waals surface area contributed by atoms with Gasteiger partial charge in [0.1, 0.15) is 34.1 Å². The van der Waals surface area contributed by atoms with Crippen LogP contribution >= 0.6 is 0 Å². The van der Waals surface area contributed by atoms with E-state index in [1.807, 2.05) is 115 Å². The summed E-state index contributed by atoms with van der Waals surface area (Å²) in [6.45, 7) is 0.588. The summed E-state index contributed by atoms with van der Waals surface area (Å²) in [7, 11) is 0. The van der Waals surface area contributed by atoms with Crippen LogP contribution in [0.1, 0.15) is 5.56 Å². The van der Waals surface area contributed by atoms with Crippen LogP contribution in [0.2, 0.25) is 0 Å². The second-order valence-electron chi connectivity index (χ2n) is 12.2. The number of nitrogens with two attached hydrogens (primary N) is 1. The van der Waals surface area contributed by atoms with Gasteiger partial charge < -0.3 is 20.4 Å². The number of nitrogens with zero attached hydrogens (tertiary/aromatic N) is 6. The first-order chi connectivity index (χ1) is 24.7. The number of fused-ring (bicyclic) bond motifs is 20. The number of benzene rings is 5. The van der Waals surface area contributed by atoms with Crippen LogP contribution in [0.3, 0.4) is 0 Å². The van der Waals surface area contributed by atoms with Crippen molar-refractivity contribution in [3.05, 3.63) is 121 Å². The summed E-state index contributed by atoms with van der Waals surface area (Å²) < 4.78 is 6.53. The minimum atomic E-state index is 0. The van der Waals surface area contributed by atoms with E-state index < -0.39 is 0 Å². The van der Waals surface area contributed by atoms with E-state index in [1.165, 1.54) is 0 Å². The molecular formula is C40H27N9OZn. The fourth-order valence-electron chi connectivity index (χ4n) is 6.76. The van der Waals surface area contributed by atoms with Crippen LogP contribution in [0, 0.1) is 0 Å². The van der Waals surface area contributed by atoms with E-state index in [0.717, 1.165) is 55.8 Å². The number of hydrogen-bond acceptors (Lipinski definition) is 8. The zero-order valence-corrected chi connectivity index (χ0v) is 30.2. The van der Waals surface area contributed by atoms with E-state index in [0.29, 0.717) is 63.9 Å². The van der Waals surface area contributed by atoms with Crippen LogP contribution < -0.4 is 10.5 Å². The summed E-state index contributed by atoms with van der Waals surface area (Å²) in [5.74, 6) is 3.52. The molecule has 5 heterocycles. The first kappa shape index (κ1) is 30.9. The third-order valence-corrected chi connectivity index (χ3v) is 9.13. The Kier molecular flexibility index (Phi) is 7.45. The van der Waals surface area contributed by atoms with Crippen molar-refractivity contribution < 1.29 is 24.2 Å². The monoisotopic (exact) mass is 713 g/mol. The molecule has 10 rings (SSSR count). The van der Waals surface area contributed by atoms with Gasteiger partial charge in [-0.05, 0) is 36.7 Å². The van der Waals surface area contributed by atoms with Crippen molar-refractivity contribution in [3.63, 3.8) is 0 Å². The number of hydrogen-bond donors (Lipinski definition) is 3. The molecule has 10 nitrogen and oxygen atoms in total. The molecule has 51 heavy (non-hydrogen) atoms. The molecule has 0 atom stereocenters. The number of H-pyrrole nitrogens is 2. The molecule has 5 aromatic carbocycles. The molecule has 3 aromatic heterocycles. The maximum Gasteiger partial charge on any atom is 0.164 e. The summed E-state index contributed by atoms with van der Waals surface area (Å²) >= 11 is 0. The van der Waals surface area contributed by atoms with Gasteiger partial charge in [0.15, 0.2) is 23.3 Å². The van der Waals surface area contributed by atoms with E-state index in [1.54, 1.807) is 0 Å². The average Bonchev–Trinajstić information content (AvgIpc) is 3.89. The summed E-state index contributed by atoms with van der Waals surface area (Å²) in [6, 6.07) is 37.9. The zero-order chi connectivity index (χ0) is 33.2. The molecule has 2 aliphatic heterocycles. The largest absolute Gasteiger partial charge is 0.457 e. The Labute approximate surface area is 303 Å². The fourth-order valence-corrected chi connectivity index (χ4v) is 6.76. The van der Waals surface area contributed by atoms with E-state index >= 15 is 0 Å². The van der Waals surface area contributed by atoms with Crippen molar-refractivity contribution in [1.82, 2.24) is 39.9 Å². The third kappa shape index (κ3) is 5.17. The second-order valence-corrected chi connectivity index (χ2v) is 12.2. The predicted molar refractivity (Wildman–Crippen MR) is 195 cm³/mol. The quantitative estimate of drug-likeness (QED) is 0.155. The van der Waals surface area contributed by atoms with Gasteiger partial charge in [-0.1, -0.05) is 97.1 Å². The molecule has 11 heteroatoms. The first-order valence-electron chi connectivity index (χ1n) is 16.4. The van der Waals surface area contributed by atoms with Crippen LogP contribution in [0.25, 0.3) is 89.7 Å². The van der Waals surface area contributed by atoms with Crippen LogP contribution in [-0.2, 0) is 25.9 Å². The molecule has 8 aromatic rings. The normalized spacial score (nSPS) is 11.6. The van der Waals surface area contributed by atoms with Gasteiger partial charge in [-0.25, -0.2) is 29.9 Å². The molecule has 0 amide bonds. The minimum absolute atomic E-state index is 0. The van der Waals surface area contributed by atoms with Gasteiger partial charge in [-0.2, -0.15) is 0 Å². The van der Waals surface area contributed by atoms with Gasteiger partial charge in [0.2, 0.25) is 0 Å². The van der Waals surface area contributed by atoms with Gasteiger partial charge in [0.25, 0.3) is 0 Å². The van der Waals surface area contributed by atoms with Crippen LogP contribution in [-0.4, -0.2) is 46.4 Å². The molecule has 2 aliphatic rings. The Balaban J connectivity index is 0.00000348. The Morgan fingerprint density at radius 2 is 0.922 bits per heavy atom. The summed E-state index contributed by atoms with van der Waals surface area (Å²) in [5, 5.41) is 3.46. The van der Waals surface area contributed by atoms with Gasteiger partial charge in [-0.3, -0.25) is 0 Å². The van der Waals surface area contributed by atoms with Crippen LogP contribution in [0.15, 0.2) is 115 Å². The summed E-state index contributed by atoms with van der Waals surface area (Å²) in [5.41, 5.74) is 12.9. The third-order valence-electron chi connectivity index (χ3n) is 9.13. The smallest absolute Gasteiger partial charge is 0.164 e. The van der Waals surface area contributed by atoms with Gasteiger partial charge in [-0.15, -0.1) is 0 Å². The first-order valence-corrected chi connectivity index (χ1v) is 16.4. The summed E-state index contributed by atoms with van der Waals surface area (Å²) in [6.07, 6.45) is 0.803. The Bertz CT molecular complexity index is 2820. The molecule has 0 saturated carbocycles. The maximum absolute atomic E-state index is 6.53. The van der Waals surface area contributed by atoms with Crippen molar-refractivity contribution in [2.24, 2.45) is 5.73 Å². The van der Waals surface area contributed by atoms with Crippen molar-refractivity contribution >= 4 is 44.1 Å². The Morgan fingerprint density at radius 1 is 0.471 bits per heavy atom. The number of ether oxygens (including phenoxy) is 1. The molecule has 0 radical (unpaired) electrons. The van der Waals surface area contributed by atoms with Crippen molar-refractivity contribution in [2.75, 3.05) is 6.54 Å². The molecule has 0 saturated heterocycles. The van der Waals surface area contributed by atoms with Crippen molar-refractivity contribution in [1.29, 1.82) is 0 Å². The van der Waals surface area contributed by atoms with Crippen molar-refractivity contribution in [3.8, 4) is 57.1 Å². The summed E-state index contributed by atoms with van der Waals surface area (Å²) in [4.78, 5) is 37.4. The maximum atomic E-state index is 6.53. The molecule has 4 N–H and O–H groups in total. The van der Waals surface area contributed by atoms with E-state index in [-0.39, 0.29) is 19.5 Å². The molecular weight excluding hydrogens is 688 g/mol. The fraction of sp³-hybridized carbons (Fsp3) is 0.0500. The van der Waals surface area contributed by atoms with E-state index in [9.17, 15) is 0 Å². The molecule has 240 valence electrons. The topological polar surface area (TPSA) is 144 Å². The Morgan fingerprint density at radius 3 is 1.45 bits per heavy atom. The molecule has 0 unspecified atom stereocenters. The molecule has 0 fully saturated rings. The number of aromatic nitrogens is 8. The predicted octanol–water partition coefficient (Wildman–Crippen LogP) is 8.16. The Hall–Kier alpha value is -6.16. The average molecular weight is 715 g/mol. The number of aromatic amines is 2. The molecule has 8 bridgehead atoms. The second kappa shape index (κ2) is 12.3. The SMILES string of the molecule is NCCc1ccc(Oc2cccc3c4nc5nc(nc6[nH]c(nc7nc(nc([nH]4)c23)-c2ccccc2-7)c2ccccc62)-c2ccccc2-5)cc1.[Zn]. The molecule has 0 spiro atoms. The number of nitrogens with one attached hydrogen (secondary N) is 2.